The molecular formula is C27H23NO5S. The molecular weight excluding hydrogens is 450 g/mol. The van der Waals surface area contributed by atoms with Crippen molar-refractivity contribution in [3.63, 3.8) is 0 Å². The molecule has 0 spiro atoms. The molecule has 0 aliphatic carbocycles. The maximum Gasteiger partial charge on any atom is 0.341 e. The Balaban J connectivity index is 1.50. The van der Waals surface area contributed by atoms with Crippen LogP contribution in [0.3, 0.4) is 0 Å². The van der Waals surface area contributed by atoms with Crippen molar-refractivity contribution in [1.29, 1.82) is 0 Å². The molecule has 1 heterocycles. The second kappa shape index (κ2) is 10.3. The molecule has 0 radical (unpaired) electrons. The van der Waals surface area contributed by atoms with Crippen molar-refractivity contribution in [2.24, 2.45) is 0 Å². The number of fused-ring (bicyclic) bond motifs is 1. The van der Waals surface area contributed by atoms with E-state index >= 15 is 0 Å². The van der Waals surface area contributed by atoms with Gasteiger partial charge in [-0.1, -0.05) is 66.2 Å². The fourth-order valence-electron chi connectivity index (χ4n) is 3.58. The van der Waals surface area contributed by atoms with E-state index in [-0.39, 0.29) is 12.2 Å². The minimum atomic E-state index is -0.593. The third-order valence-corrected chi connectivity index (χ3v) is 6.13. The van der Waals surface area contributed by atoms with Gasteiger partial charge in [-0.15, -0.1) is 11.3 Å². The Morgan fingerprint density at radius 1 is 0.882 bits per heavy atom. The van der Waals surface area contributed by atoms with Gasteiger partial charge >= 0.3 is 11.9 Å². The van der Waals surface area contributed by atoms with E-state index in [4.69, 9.17) is 9.47 Å². The van der Waals surface area contributed by atoms with E-state index in [1.165, 1.54) is 11.3 Å². The molecule has 172 valence electrons. The average Bonchev–Trinajstić information content (AvgIpc) is 3.26. The maximum atomic E-state index is 12.7. The monoisotopic (exact) mass is 473 g/mol. The summed E-state index contributed by atoms with van der Waals surface area (Å²) in [6.07, 6.45) is 0. The zero-order valence-electron chi connectivity index (χ0n) is 18.8. The van der Waals surface area contributed by atoms with Crippen LogP contribution in [0.4, 0.5) is 5.00 Å². The van der Waals surface area contributed by atoms with Crippen LogP contribution in [0.25, 0.3) is 21.9 Å². The van der Waals surface area contributed by atoms with Gasteiger partial charge in [-0.2, -0.15) is 0 Å². The molecule has 4 rings (SSSR count). The Morgan fingerprint density at radius 2 is 1.62 bits per heavy atom. The van der Waals surface area contributed by atoms with E-state index in [2.05, 4.69) is 5.32 Å². The van der Waals surface area contributed by atoms with Gasteiger partial charge in [0.15, 0.2) is 6.61 Å². The number of benzene rings is 3. The highest BCUT2D eigenvalue weighted by Crippen LogP contribution is 2.36. The van der Waals surface area contributed by atoms with Crippen LogP contribution >= 0.6 is 11.3 Å². The molecule has 34 heavy (non-hydrogen) atoms. The molecule has 0 fully saturated rings. The van der Waals surface area contributed by atoms with Crippen LogP contribution in [0.5, 0.6) is 0 Å². The maximum absolute atomic E-state index is 12.7. The summed E-state index contributed by atoms with van der Waals surface area (Å²) in [4.78, 5) is 37.9. The van der Waals surface area contributed by atoms with E-state index in [9.17, 15) is 14.4 Å². The highest BCUT2D eigenvalue weighted by Gasteiger charge is 2.23. The number of thiophene rings is 1. The van der Waals surface area contributed by atoms with Crippen molar-refractivity contribution in [3.05, 3.63) is 88.8 Å². The Morgan fingerprint density at radius 3 is 2.38 bits per heavy atom. The number of anilines is 1. The lowest BCUT2D eigenvalue weighted by atomic mass is 10.0. The summed E-state index contributed by atoms with van der Waals surface area (Å²) in [6.45, 7) is 3.43. The molecule has 0 saturated carbocycles. The number of aryl methyl sites for hydroxylation is 1. The Labute approximate surface area is 201 Å². The zero-order chi connectivity index (χ0) is 24.1. The van der Waals surface area contributed by atoms with Crippen molar-refractivity contribution in [1.82, 2.24) is 0 Å². The molecule has 0 unspecified atom stereocenters. The third kappa shape index (κ3) is 5.00. The predicted octanol–water partition coefficient (Wildman–Crippen LogP) is 5.85. The van der Waals surface area contributed by atoms with Crippen LogP contribution in [0, 0.1) is 6.92 Å². The number of rotatable bonds is 7. The molecule has 1 amide bonds. The first kappa shape index (κ1) is 23.2. The van der Waals surface area contributed by atoms with Crippen molar-refractivity contribution >= 4 is 45.0 Å². The molecule has 0 aliphatic rings. The van der Waals surface area contributed by atoms with Gasteiger partial charge in [0.2, 0.25) is 0 Å². The molecule has 7 heteroatoms. The van der Waals surface area contributed by atoms with Crippen LogP contribution in [-0.4, -0.2) is 31.1 Å². The Bertz CT molecular complexity index is 1350. The predicted molar refractivity (Wildman–Crippen MR) is 133 cm³/mol. The minimum absolute atomic E-state index is 0.206. The third-order valence-electron chi connectivity index (χ3n) is 5.23. The second-order valence-corrected chi connectivity index (χ2v) is 8.47. The van der Waals surface area contributed by atoms with Gasteiger partial charge < -0.3 is 14.8 Å². The molecule has 1 N–H and O–H groups in total. The minimum Gasteiger partial charge on any atom is -0.462 e. The Kier molecular flexibility index (Phi) is 7.04. The number of nitrogens with one attached hydrogen (secondary N) is 1. The van der Waals surface area contributed by atoms with Crippen LogP contribution in [0.2, 0.25) is 0 Å². The number of ether oxygens (including phenoxy) is 2. The number of carbonyl (C=O) groups is 3. The molecule has 0 saturated heterocycles. The lowest BCUT2D eigenvalue weighted by Gasteiger charge is -2.10. The molecule has 4 aromatic rings. The highest BCUT2D eigenvalue weighted by atomic mass is 32.1. The van der Waals surface area contributed by atoms with Gasteiger partial charge in [-0.05, 0) is 36.2 Å². The quantitative estimate of drug-likeness (QED) is 0.341. The summed E-state index contributed by atoms with van der Waals surface area (Å²) >= 11 is 1.22. The molecule has 0 bridgehead atoms. The standard InChI is InChI=1S/C27H23NO5S/c1-3-32-27(31)24-22(19-13-11-17(2)12-14-19)16-34-25(24)28-23(29)15-33-26(30)21-10-6-8-18-7-4-5-9-20(18)21/h4-14,16H,3,15H2,1-2H3,(H,28,29). The van der Waals surface area contributed by atoms with Crippen molar-refractivity contribution in [3.8, 4) is 11.1 Å². The summed E-state index contributed by atoms with van der Waals surface area (Å²) < 4.78 is 10.5. The fraction of sp³-hybridized carbons (Fsp3) is 0.148. The lowest BCUT2D eigenvalue weighted by Crippen LogP contribution is -2.22. The largest absolute Gasteiger partial charge is 0.462 e. The molecule has 3 aromatic carbocycles. The normalized spacial score (nSPS) is 10.6. The number of hydrogen-bond donors (Lipinski definition) is 1. The second-order valence-electron chi connectivity index (χ2n) is 7.59. The molecule has 0 atom stereocenters. The summed E-state index contributed by atoms with van der Waals surface area (Å²) in [6, 6.07) is 20.5. The summed E-state index contributed by atoms with van der Waals surface area (Å²) in [5.41, 5.74) is 3.28. The van der Waals surface area contributed by atoms with Crippen molar-refractivity contribution in [2.75, 3.05) is 18.5 Å². The summed E-state index contributed by atoms with van der Waals surface area (Å²) in [5.74, 6) is -1.66. The van der Waals surface area contributed by atoms with E-state index < -0.39 is 24.5 Å². The molecule has 6 nitrogen and oxygen atoms in total. The summed E-state index contributed by atoms with van der Waals surface area (Å²) in [5, 5.41) is 6.50. The fourth-order valence-corrected chi connectivity index (χ4v) is 4.55. The number of esters is 2. The number of carbonyl (C=O) groups excluding carboxylic acids is 3. The van der Waals surface area contributed by atoms with E-state index in [0.717, 1.165) is 21.9 Å². The number of hydrogen-bond acceptors (Lipinski definition) is 6. The van der Waals surface area contributed by atoms with Gasteiger partial charge in [-0.3, -0.25) is 4.79 Å². The van der Waals surface area contributed by atoms with Gasteiger partial charge in [0.25, 0.3) is 5.91 Å². The first-order valence-corrected chi connectivity index (χ1v) is 11.7. The SMILES string of the molecule is CCOC(=O)c1c(-c2ccc(C)cc2)csc1NC(=O)COC(=O)c1cccc2ccccc12. The van der Waals surface area contributed by atoms with Crippen LogP contribution < -0.4 is 5.32 Å². The smallest absolute Gasteiger partial charge is 0.341 e. The van der Waals surface area contributed by atoms with Gasteiger partial charge in [0, 0.05) is 10.9 Å². The van der Waals surface area contributed by atoms with Gasteiger partial charge in [-0.25, -0.2) is 9.59 Å². The first-order chi connectivity index (χ1) is 16.5. The number of amides is 1. The van der Waals surface area contributed by atoms with Crippen LogP contribution in [0.15, 0.2) is 72.1 Å². The van der Waals surface area contributed by atoms with Crippen LogP contribution in [-0.2, 0) is 14.3 Å². The van der Waals surface area contributed by atoms with E-state index in [1.807, 2.05) is 61.5 Å². The zero-order valence-corrected chi connectivity index (χ0v) is 19.6. The molecule has 0 aliphatic heterocycles. The van der Waals surface area contributed by atoms with Crippen molar-refractivity contribution < 1.29 is 23.9 Å². The first-order valence-electron chi connectivity index (χ1n) is 10.8. The Hall–Kier alpha value is -3.97. The van der Waals surface area contributed by atoms with Gasteiger partial charge in [0.05, 0.1) is 12.2 Å². The topological polar surface area (TPSA) is 81.7 Å². The summed E-state index contributed by atoms with van der Waals surface area (Å²) in [7, 11) is 0. The molecule has 1 aromatic heterocycles. The van der Waals surface area contributed by atoms with E-state index in [0.29, 0.717) is 16.1 Å². The highest BCUT2D eigenvalue weighted by molar-refractivity contribution is 7.15. The lowest BCUT2D eigenvalue weighted by molar-refractivity contribution is -0.119. The van der Waals surface area contributed by atoms with E-state index in [1.54, 1.807) is 24.4 Å². The van der Waals surface area contributed by atoms with Gasteiger partial charge in [0.1, 0.15) is 10.6 Å². The van der Waals surface area contributed by atoms with Crippen molar-refractivity contribution in [2.45, 2.75) is 13.8 Å². The average molecular weight is 474 g/mol. The van der Waals surface area contributed by atoms with Crippen LogP contribution in [0.1, 0.15) is 33.2 Å².